The molecule has 5 atom stereocenters. The molecular formula is C27H34N2O8. The average Bonchev–Trinajstić information content (AvgIpc) is 3.69. The number of fused-ring (bicyclic) bond motifs is 3. The van der Waals surface area contributed by atoms with Crippen LogP contribution in [0.2, 0.25) is 0 Å². The van der Waals surface area contributed by atoms with Gasteiger partial charge in [-0.25, -0.2) is 0 Å². The summed E-state index contributed by atoms with van der Waals surface area (Å²) in [7, 11) is 1.46. The van der Waals surface area contributed by atoms with Gasteiger partial charge in [0.2, 0.25) is 11.8 Å². The van der Waals surface area contributed by atoms with Crippen molar-refractivity contribution in [2.45, 2.75) is 62.3 Å². The van der Waals surface area contributed by atoms with Crippen LogP contribution in [0.1, 0.15) is 53.9 Å². The maximum atomic E-state index is 13.8. The molecule has 37 heavy (non-hydrogen) atoms. The molecule has 1 saturated heterocycles. The molecular weight excluding hydrogens is 480 g/mol. The third-order valence-electron chi connectivity index (χ3n) is 7.98. The molecule has 2 fully saturated rings. The van der Waals surface area contributed by atoms with E-state index in [1.165, 1.54) is 7.11 Å². The molecule has 5 rings (SSSR count). The predicted octanol–water partition coefficient (Wildman–Crippen LogP) is 0.938. The Morgan fingerprint density at radius 1 is 1.24 bits per heavy atom. The van der Waals surface area contributed by atoms with E-state index < -0.39 is 30.1 Å². The van der Waals surface area contributed by atoms with Crippen LogP contribution in [0.15, 0.2) is 23.8 Å². The second-order valence-corrected chi connectivity index (χ2v) is 10.1. The van der Waals surface area contributed by atoms with Gasteiger partial charge < -0.3 is 34.6 Å². The molecule has 4 aliphatic rings. The van der Waals surface area contributed by atoms with E-state index in [9.17, 15) is 24.6 Å². The van der Waals surface area contributed by atoms with Gasteiger partial charge in [-0.3, -0.25) is 14.4 Å². The minimum Gasteiger partial charge on any atom is -0.493 e. The fraction of sp³-hybridized carbons (Fsp3) is 0.593. The molecule has 1 aromatic carbocycles. The van der Waals surface area contributed by atoms with E-state index in [0.29, 0.717) is 54.1 Å². The van der Waals surface area contributed by atoms with Crippen LogP contribution in [0.5, 0.6) is 11.5 Å². The van der Waals surface area contributed by atoms with E-state index >= 15 is 0 Å². The molecule has 2 aliphatic heterocycles. The highest BCUT2D eigenvalue weighted by Gasteiger charge is 2.53. The van der Waals surface area contributed by atoms with Crippen LogP contribution in [-0.2, 0) is 14.3 Å². The number of hydrogen-bond donors (Lipinski definition) is 3. The molecule has 1 saturated carbocycles. The van der Waals surface area contributed by atoms with E-state index in [1.807, 2.05) is 0 Å². The zero-order valence-electron chi connectivity index (χ0n) is 20.9. The number of benzene rings is 1. The van der Waals surface area contributed by atoms with Crippen molar-refractivity contribution in [2.75, 3.05) is 33.5 Å². The molecule has 1 aromatic rings. The third-order valence-corrected chi connectivity index (χ3v) is 7.98. The Morgan fingerprint density at radius 2 is 2.03 bits per heavy atom. The zero-order chi connectivity index (χ0) is 26.1. The number of ether oxygens (including phenoxy) is 3. The van der Waals surface area contributed by atoms with E-state index in [-0.39, 0.29) is 31.0 Å². The van der Waals surface area contributed by atoms with Crippen LogP contribution in [0, 0.1) is 5.92 Å². The van der Waals surface area contributed by atoms with Crippen molar-refractivity contribution in [3.8, 4) is 11.5 Å². The molecule has 10 nitrogen and oxygen atoms in total. The molecule has 0 bridgehead atoms. The van der Waals surface area contributed by atoms with Crippen molar-refractivity contribution >= 4 is 18.1 Å². The molecule has 2 heterocycles. The largest absolute Gasteiger partial charge is 0.493 e. The standard InChI is InChI=1S/C27H34N2O8/c1-35-21-11-15(13-31)10-18-22-19(26(33)28-7-8-30)12-20(23(32)25(22)37-24(18)21)29(17-4-2-3-5-17)27(34)16-6-9-36-14-16/h10-13,16-17,20,22-23,25,30,32H,2-9,14H2,1H3,(H,28,33). The number of methoxy groups -OCH3 is 1. The molecule has 5 unspecified atom stereocenters. The fourth-order valence-corrected chi connectivity index (χ4v) is 6.22. The van der Waals surface area contributed by atoms with E-state index in [2.05, 4.69) is 5.32 Å². The lowest BCUT2D eigenvalue weighted by molar-refractivity contribution is -0.144. The second kappa shape index (κ2) is 10.8. The minimum absolute atomic E-state index is 0.0525. The number of aliphatic hydroxyl groups excluding tert-OH is 2. The van der Waals surface area contributed by atoms with E-state index in [0.717, 1.165) is 25.7 Å². The van der Waals surface area contributed by atoms with Gasteiger partial charge in [0.15, 0.2) is 11.5 Å². The van der Waals surface area contributed by atoms with Crippen LogP contribution < -0.4 is 14.8 Å². The quantitative estimate of drug-likeness (QED) is 0.437. The fourth-order valence-electron chi connectivity index (χ4n) is 6.22. The first-order chi connectivity index (χ1) is 18.0. The second-order valence-electron chi connectivity index (χ2n) is 10.1. The topological polar surface area (TPSA) is 135 Å². The molecule has 200 valence electrons. The number of aliphatic hydroxyl groups is 2. The maximum Gasteiger partial charge on any atom is 0.247 e. The van der Waals surface area contributed by atoms with Crippen LogP contribution in [0.25, 0.3) is 0 Å². The smallest absolute Gasteiger partial charge is 0.247 e. The Kier molecular flexibility index (Phi) is 7.50. The molecule has 2 amide bonds. The molecule has 0 radical (unpaired) electrons. The highest BCUT2D eigenvalue weighted by Crippen LogP contribution is 2.51. The normalized spacial score (nSPS) is 28.6. The lowest BCUT2D eigenvalue weighted by atomic mass is 9.76. The summed E-state index contributed by atoms with van der Waals surface area (Å²) in [6.45, 7) is 0.688. The van der Waals surface area contributed by atoms with Crippen LogP contribution in [0.3, 0.4) is 0 Å². The van der Waals surface area contributed by atoms with Crippen molar-refractivity contribution in [3.05, 3.63) is 34.9 Å². The van der Waals surface area contributed by atoms with Crippen molar-refractivity contribution in [2.24, 2.45) is 5.92 Å². The first-order valence-corrected chi connectivity index (χ1v) is 13.0. The Hall–Kier alpha value is -2.95. The van der Waals surface area contributed by atoms with Crippen molar-refractivity contribution in [3.63, 3.8) is 0 Å². The van der Waals surface area contributed by atoms with E-state index in [4.69, 9.17) is 14.2 Å². The number of nitrogens with zero attached hydrogens (tertiary/aromatic N) is 1. The van der Waals surface area contributed by atoms with Gasteiger partial charge >= 0.3 is 0 Å². The third kappa shape index (κ3) is 4.62. The predicted molar refractivity (Wildman–Crippen MR) is 132 cm³/mol. The summed E-state index contributed by atoms with van der Waals surface area (Å²) >= 11 is 0. The minimum atomic E-state index is -1.12. The highest BCUT2D eigenvalue weighted by molar-refractivity contribution is 5.96. The number of rotatable bonds is 8. The van der Waals surface area contributed by atoms with Crippen molar-refractivity contribution in [1.29, 1.82) is 0 Å². The Morgan fingerprint density at radius 3 is 2.68 bits per heavy atom. The number of carbonyl (C=O) groups is 3. The summed E-state index contributed by atoms with van der Waals surface area (Å²) in [6, 6.07) is 2.36. The lowest BCUT2D eigenvalue weighted by Gasteiger charge is -2.44. The summed E-state index contributed by atoms with van der Waals surface area (Å²) in [4.78, 5) is 40.6. The Labute approximate surface area is 215 Å². The number of carbonyl (C=O) groups excluding carboxylic acids is 3. The number of aldehydes is 1. The molecule has 3 N–H and O–H groups in total. The lowest BCUT2D eigenvalue weighted by Crippen LogP contribution is -2.59. The van der Waals surface area contributed by atoms with Gasteiger partial charge in [-0.1, -0.05) is 12.8 Å². The number of hydrogen-bond acceptors (Lipinski definition) is 8. The van der Waals surface area contributed by atoms with Gasteiger partial charge in [0.05, 0.1) is 38.2 Å². The van der Waals surface area contributed by atoms with Gasteiger partial charge in [0.1, 0.15) is 18.5 Å². The first kappa shape index (κ1) is 25.7. The molecule has 0 spiro atoms. The molecule has 10 heteroatoms. The monoisotopic (exact) mass is 514 g/mol. The number of amides is 2. The van der Waals surface area contributed by atoms with Crippen molar-refractivity contribution < 1.29 is 38.8 Å². The van der Waals surface area contributed by atoms with Gasteiger partial charge in [0.25, 0.3) is 0 Å². The number of nitrogens with one attached hydrogen (secondary N) is 1. The highest BCUT2D eigenvalue weighted by atomic mass is 16.5. The Bertz CT molecular complexity index is 1080. The average molecular weight is 515 g/mol. The Balaban J connectivity index is 1.59. The van der Waals surface area contributed by atoms with Crippen LogP contribution in [0.4, 0.5) is 0 Å². The SMILES string of the molecule is COc1cc(C=O)cc2c1OC1C2C(C(=O)NCCO)=CC(N(C(=O)C2CCOC2)C2CCCC2)C1O. The van der Waals surface area contributed by atoms with Gasteiger partial charge in [-0.2, -0.15) is 0 Å². The maximum absolute atomic E-state index is 13.8. The summed E-state index contributed by atoms with van der Waals surface area (Å²) in [5.74, 6) is -0.761. The first-order valence-electron chi connectivity index (χ1n) is 13.0. The van der Waals surface area contributed by atoms with Crippen molar-refractivity contribution in [1.82, 2.24) is 10.2 Å². The molecule has 2 aliphatic carbocycles. The van der Waals surface area contributed by atoms with Gasteiger partial charge in [0, 0.05) is 35.9 Å². The van der Waals surface area contributed by atoms with Gasteiger partial charge in [-0.15, -0.1) is 0 Å². The summed E-state index contributed by atoms with van der Waals surface area (Å²) in [5, 5.41) is 23.7. The summed E-state index contributed by atoms with van der Waals surface area (Å²) in [5.41, 5.74) is 1.25. The summed E-state index contributed by atoms with van der Waals surface area (Å²) in [6.07, 6.45) is 4.65. The van der Waals surface area contributed by atoms with Crippen LogP contribution in [-0.4, -0.2) is 91.0 Å². The van der Waals surface area contributed by atoms with Crippen LogP contribution >= 0.6 is 0 Å². The van der Waals surface area contributed by atoms with E-state index in [1.54, 1.807) is 23.1 Å². The molecule has 0 aromatic heterocycles. The van der Waals surface area contributed by atoms with Gasteiger partial charge in [-0.05, 0) is 37.5 Å². The zero-order valence-corrected chi connectivity index (χ0v) is 20.9. The summed E-state index contributed by atoms with van der Waals surface area (Å²) < 4.78 is 17.2.